The van der Waals surface area contributed by atoms with Gasteiger partial charge in [0.2, 0.25) is 5.88 Å². The van der Waals surface area contributed by atoms with E-state index in [9.17, 15) is 0 Å². The van der Waals surface area contributed by atoms with E-state index in [0.717, 1.165) is 18.1 Å². The molecule has 1 aromatic heterocycles. The molecule has 1 aliphatic rings. The molecule has 0 spiro atoms. The third-order valence-electron chi connectivity index (χ3n) is 4.63. The summed E-state index contributed by atoms with van der Waals surface area (Å²) in [6, 6.07) is 3.94. The fourth-order valence-corrected chi connectivity index (χ4v) is 2.84. The van der Waals surface area contributed by atoms with Crippen molar-refractivity contribution in [3.8, 4) is 5.88 Å². The van der Waals surface area contributed by atoms with E-state index in [-0.39, 0.29) is 30.1 Å². The van der Waals surface area contributed by atoms with Crippen molar-refractivity contribution in [1.82, 2.24) is 15.6 Å². The summed E-state index contributed by atoms with van der Waals surface area (Å²) >= 11 is 0. The molecule has 2 N–H and O–H groups in total. The number of ether oxygens (including phenoxy) is 1. The molecule has 0 atom stereocenters. The molecule has 24 heavy (non-hydrogen) atoms. The van der Waals surface area contributed by atoms with E-state index in [2.05, 4.69) is 27.5 Å². The van der Waals surface area contributed by atoms with Crippen molar-refractivity contribution < 1.29 is 4.74 Å². The Hall–Kier alpha value is -1.05. The lowest BCUT2D eigenvalue weighted by Crippen LogP contribution is -2.46. The summed E-state index contributed by atoms with van der Waals surface area (Å²) in [4.78, 5) is 8.63. The van der Waals surface area contributed by atoms with Gasteiger partial charge in [-0.15, -0.1) is 24.0 Å². The molecule has 136 valence electrons. The first-order chi connectivity index (χ1) is 11.1. The first-order valence-electron chi connectivity index (χ1n) is 8.63. The van der Waals surface area contributed by atoms with Crippen LogP contribution in [0.25, 0.3) is 0 Å². The summed E-state index contributed by atoms with van der Waals surface area (Å²) in [7, 11) is 1.81. The topological polar surface area (TPSA) is 58.5 Å². The number of guanidine groups is 1. The van der Waals surface area contributed by atoms with Gasteiger partial charge in [-0.05, 0) is 44.1 Å². The van der Waals surface area contributed by atoms with E-state index < -0.39 is 0 Å². The lowest BCUT2D eigenvalue weighted by Gasteiger charge is -2.41. The summed E-state index contributed by atoms with van der Waals surface area (Å²) in [6.07, 6.45) is 7.24. The van der Waals surface area contributed by atoms with Gasteiger partial charge in [0.05, 0.1) is 6.10 Å². The third kappa shape index (κ3) is 6.11. The van der Waals surface area contributed by atoms with Gasteiger partial charge in [0, 0.05) is 32.4 Å². The maximum atomic E-state index is 5.56. The van der Waals surface area contributed by atoms with Gasteiger partial charge < -0.3 is 15.4 Å². The predicted molar refractivity (Wildman–Crippen MR) is 110 cm³/mol. The molecule has 1 aromatic rings. The maximum Gasteiger partial charge on any atom is 0.213 e. The van der Waals surface area contributed by atoms with Crippen molar-refractivity contribution in [3.63, 3.8) is 0 Å². The largest absolute Gasteiger partial charge is 0.475 e. The van der Waals surface area contributed by atoms with E-state index in [1.54, 1.807) is 0 Å². The standard InChI is InChI=1S/C18H30N4O.HI/c1-5-18(9-6-10-18)13-22-17(19-4)21-12-15-7-8-16(20-11-15)23-14(2)3;/h7-8,11,14H,5-6,9-10,12-13H2,1-4H3,(H2,19,21,22);1H. The lowest BCUT2D eigenvalue weighted by atomic mass is 9.67. The first-order valence-corrected chi connectivity index (χ1v) is 8.63. The van der Waals surface area contributed by atoms with Crippen molar-refractivity contribution in [1.29, 1.82) is 0 Å². The Morgan fingerprint density at radius 2 is 2.08 bits per heavy atom. The van der Waals surface area contributed by atoms with Crippen molar-refractivity contribution in [3.05, 3.63) is 23.9 Å². The number of rotatable bonds is 7. The second-order valence-corrected chi connectivity index (χ2v) is 6.66. The molecule has 1 fully saturated rings. The molecular weight excluding hydrogens is 415 g/mol. The zero-order valence-corrected chi connectivity index (χ0v) is 17.6. The number of nitrogens with zero attached hydrogens (tertiary/aromatic N) is 2. The van der Waals surface area contributed by atoms with Crippen LogP contribution in [-0.2, 0) is 6.54 Å². The summed E-state index contributed by atoms with van der Waals surface area (Å²) in [5, 5.41) is 6.81. The minimum Gasteiger partial charge on any atom is -0.475 e. The van der Waals surface area contributed by atoms with E-state index in [1.807, 2.05) is 39.2 Å². The highest BCUT2D eigenvalue weighted by atomic mass is 127. The van der Waals surface area contributed by atoms with Gasteiger partial charge >= 0.3 is 0 Å². The number of aliphatic imine (C=N–C) groups is 1. The Kier molecular flexibility index (Phi) is 8.80. The van der Waals surface area contributed by atoms with Crippen molar-refractivity contribution >= 4 is 29.9 Å². The quantitative estimate of drug-likeness (QED) is 0.381. The predicted octanol–water partition coefficient (Wildman–Crippen LogP) is 3.73. The van der Waals surface area contributed by atoms with Gasteiger partial charge in [0.15, 0.2) is 5.96 Å². The smallest absolute Gasteiger partial charge is 0.213 e. The van der Waals surface area contributed by atoms with Gasteiger partial charge in [-0.25, -0.2) is 4.98 Å². The van der Waals surface area contributed by atoms with Crippen LogP contribution in [0.4, 0.5) is 0 Å². The van der Waals surface area contributed by atoms with E-state index in [0.29, 0.717) is 17.8 Å². The van der Waals surface area contributed by atoms with Gasteiger partial charge in [-0.1, -0.05) is 19.4 Å². The Balaban J connectivity index is 0.00000288. The number of hydrogen-bond acceptors (Lipinski definition) is 3. The number of halogens is 1. The number of hydrogen-bond donors (Lipinski definition) is 2. The first kappa shape index (κ1) is 21.0. The van der Waals surface area contributed by atoms with Crippen LogP contribution >= 0.6 is 24.0 Å². The molecule has 0 aromatic carbocycles. The Morgan fingerprint density at radius 3 is 2.54 bits per heavy atom. The van der Waals surface area contributed by atoms with Crippen LogP contribution in [0.1, 0.15) is 52.0 Å². The average molecular weight is 446 g/mol. The van der Waals surface area contributed by atoms with Crippen LogP contribution in [0.3, 0.4) is 0 Å². The Labute approximate surface area is 163 Å². The molecule has 0 aliphatic heterocycles. The zero-order valence-electron chi connectivity index (χ0n) is 15.3. The molecule has 1 heterocycles. The normalized spacial score (nSPS) is 16.1. The SMILES string of the molecule is CCC1(CNC(=NC)NCc2ccc(OC(C)C)nc2)CCC1.I. The highest BCUT2D eigenvalue weighted by Gasteiger charge is 2.34. The average Bonchev–Trinajstić information content (AvgIpc) is 2.50. The second kappa shape index (κ2) is 10.1. The van der Waals surface area contributed by atoms with Crippen LogP contribution in [0.2, 0.25) is 0 Å². The molecule has 1 saturated carbocycles. The molecule has 1 aliphatic carbocycles. The Morgan fingerprint density at radius 1 is 1.33 bits per heavy atom. The van der Waals surface area contributed by atoms with Crippen molar-refractivity contribution in [2.24, 2.45) is 10.4 Å². The van der Waals surface area contributed by atoms with Crippen LogP contribution in [-0.4, -0.2) is 30.6 Å². The highest BCUT2D eigenvalue weighted by Crippen LogP contribution is 2.42. The summed E-state index contributed by atoms with van der Waals surface area (Å²) in [5.41, 5.74) is 1.59. The molecule has 0 amide bonds. The molecular formula is C18H31IN4O. The van der Waals surface area contributed by atoms with Crippen molar-refractivity contribution in [2.45, 2.75) is 59.1 Å². The number of aromatic nitrogens is 1. The third-order valence-corrected chi connectivity index (χ3v) is 4.63. The van der Waals surface area contributed by atoms with Crippen LogP contribution in [0.15, 0.2) is 23.3 Å². The van der Waals surface area contributed by atoms with Crippen LogP contribution in [0.5, 0.6) is 5.88 Å². The van der Waals surface area contributed by atoms with Crippen LogP contribution in [0, 0.1) is 5.41 Å². The minimum atomic E-state index is 0. The monoisotopic (exact) mass is 446 g/mol. The van der Waals surface area contributed by atoms with Gasteiger partial charge in [-0.2, -0.15) is 0 Å². The van der Waals surface area contributed by atoms with Crippen molar-refractivity contribution in [2.75, 3.05) is 13.6 Å². The number of pyridine rings is 1. The zero-order chi connectivity index (χ0) is 16.7. The fraction of sp³-hybridized carbons (Fsp3) is 0.667. The minimum absolute atomic E-state index is 0. The summed E-state index contributed by atoms with van der Waals surface area (Å²) < 4.78 is 5.56. The lowest BCUT2D eigenvalue weighted by molar-refractivity contribution is 0.131. The molecule has 2 rings (SSSR count). The van der Waals surface area contributed by atoms with E-state index >= 15 is 0 Å². The van der Waals surface area contributed by atoms with Gasteiger partial charge in [0.25, 0.3) is 0 Å². The summed E-state index contributed by atoms with van der Waals surface area (Å²) in [6.45, 7) is 7.98. The van der Waals surface area contributed by atoms with Gasteiger partial charge in [0.1, 0.15) is 0 Å². The molecule has 0 saturated heterocycles. The van der Waals surface area contributed by atoms with E-state index in [1.165, 1.54) is 25.7 Å². The number of nitrogens with one attached hydrogen (secondary N) is 2. The fourth-order valence-electron chi connectivity index (χ4n) is 2.84. The molecule has 0 radical (unpaired) electrons. The highest BCUT2D eigenvalue weighted by molar-refractivity contribution is 14.0. The molecule has 0 unspecified atom stereocenters. The van der Waals surface area contributed by atoms with E-state index in [4.69, 9.17) is 4.74 Å². The molecule has 0 bridgehead atoms. The van der Waals surface area contributed by atoms with Gasteiger partial charge in [-0.3, -0.25) is 4.99 Å². The summed E-state index contributed by atoms with van der Waals surface area (Å²) in [5.74, 6) is 1.52. The molecule has 6 heteroatoms. The van der Waals surface area contributed by atoms with Crippen LogP contribution < -0.4 is 15.4 Å². The molecule has 5 nitrogen and oxygen atoms in total. The maximum absolute atomic E-state index is 5.56. The second-order valence-electron chi connectivity index (χ2n) is 6.66. The Bertz CT molecular complexity index is 507.